The van der Waals surface area contributed by atoms with E-state index >= 15 is 0 Å². The molecule has 0 saturated carbocycles. The molecule has 17 heavy (non-hydrogen) atoms. The average molecular weight is 322 g/mol. The van der Waals surface area contributed by atoms with Crippen LogP contribution in [0.3, 0.4) is 0 Å². The molecular formula is C11H16BrNO3S. The van der Waals surface area contributed by atoms with Crippen molar-refractivity contribution in [3.8, 4) is 5.75 Å². The molecule has 1 unspecified atom stereocenters. The summed E-state index contributed by atoms with van der Waals surface area (Å²) in [5, 5.41) is 12.3. The molecule has 1 aromatic rings. The van der Waals surface area contributed by atoms with Crippen LogP contribution in [0.2, 0.25) is 0 Å². The minimum absolute atomic E-state index is 0.125. The van der Waals surface area contributed by atoms with E-state index in [4.69, 9.17) is 4.74 Å². The summed E-state index contributed by atoms with van der Waals surface area (Å²) in [7, 11) is 1.55. The van der Waals surface area contributed by atoms with Crippen LogP contribution in [0, 0.1) is 5.92 Å². The molecule has 1 atom stereocenters. The van der Waals surface area contributed by atoms with E-state index in [1.165, 1.54) is 11.3 Å². The number of methoxy groups -OCH3 is 1. The van der Waals surface area contributed by atoms with Gasteiger partial charge in [0.15, 0.2) is 0 Å². The maximum atomic E-state index is 11.8. The van der Waals surface area contributed by atoms with Crippen molar-refractivity contribution in [1.29, 1.82) is 0 Å². The third kappa shape index (κ3) is 3.97. The molecule has 0 aromatic carbocycles. The van der Waals surface area contributed by atoms with Crippen molar-refractivity contribution in [1.82, 2.24) is 5.32 Å². The predicted octanol–water partition coefficient (Wildman–Crippen LogP) is 2.27. The maximum absolute atomic E-state index is 11.8. The molecule has 0 aliphatic heterocycles. The Labute approximate surface area is 113 Å². The monoisotopic (exact) mass is 321 g/mol. The molecule has 1 rings (SSSR count). The number of nitrogens with one attached hydrogen (secondary N) is 1. The number of hydrogen-bond donors (Lipinski definition) is 2. The summed E-state index contributed by atoms with van der Waals surface area (Å²) in [5.74, 6) is 0.572. The van der Waals surface area contributed by atoms with E-state index in [-0.39, 0.29) is 18.4 Å². The molecule has 0 aliphatic carbocycles. The van der Waals surface area contributed by atoms with Crippen LogP contribution >= 0.6 is 27.3 Å². The number of carbonyl (C=O) groups is 1. The van der Waals surface area contributed by atoms with Crippen molar-refractivity contribution in [3.63, 3.8) is 0 Å². The summed E-state index contributed by atoms with van der Waals surface area (Å²) in [4.78, 5) is 12.3. The Balaban J connectivity index is 2.58. The van der Waals surface area contributed by atoms with Crippen molar-refractivity contribution in [2.45, 2.75) is 20.0 Å². The molecular weight excluding hydrogens is 306 g/mol. The summed E-state index contributed by atoms with van der Waals surface area (Å²) in [6.07, 6.45) is -0.524. The van der Waals surface area contributed by atoms with E-state index in [0.29, 0.717) is 10.6 Å². The minimum atomic E-state index is -0.524. The van der Waals surface area contributed by atoms with Gasteiger partial charge in [0.2, 0.25) is 0 Å². The number of aliphatic hydroxyl groups is 1. The molecule has 0 radical (unpaired) electrons. The summed E-state index contributed by atoms with van der Waals surface area (Å²) in [6.45, 7) is 4.07. The lowest BCUT2D eigenvalue weighted by Crippen LogP contribution is -2.34. The molecule has 2 N–H and O–H groups in total. The predicted molar refractivity (Wildman–Crippen MR) is 71.7 cm³/mol. The van der Waals surface area contributed by atoms with Gasteiger partial charge in [0, 0.05) is 12.6 Å². The Hall–Kier alpha value is -0.590. The lowest BCUT2D eigenvalue weighted by atomic mass is 10.1. The Morgan fingerprint density at radius 1 is 1.65 bits per heavy atom. The molecule has 6 heteroatoms. The Kier molecular flexibility index (Phi) is 5.42. The molecule has 1 heterocycles. The number of hydrogen-bond acceptors (Lipinski definition) is 4. The first-order valence-corrected chi connectivity index (χ1v) is 6.86. The molecule has 96 valence electrons. The van der Waals surface area contributed by atoms with Crippen LogP contribution in [0.25, 0.3) is 0 Å². The third-order valence-electron chi connectivity index (χ3n) is 2.34. The van der Waals surface area contributed by atoms with Gasteiger partial charge in [-0.25, -0.2) is 0 Å². The number of amides is 1. The van der Waals surface area contributed by atoms with Gasteiger partial charge in [0.25, 0.3) is 5.91 Å². The van der Waals surface area contributed by atoms with E-state index in [1.807, 2.05) is 13.8 Å². The second-order valence-corrected chi connectivity index (χ2v) is 6.34. The van der Waals surface area contributed by atoms with Gasteiger partial charge in [-0.15, -0.1) is 11.3 Å². The Morgan fingerprint density at radius 2 is 2.29 bits per heavy atom. The van der Waals surface area contributed by atoms with Crippen LogP contribution in [0.5, 0.6) is 5.75 Å². The average Bonchev–Trinajstić information content (AvgIpc) is 2.66. The van der Waals surface area contributed by atoms with Gasteiger partial charge in [-0.05, 0) is 21.8 Å². The molecule has 1 amide bonds. The minimum Gasteiger partial charge on any atom is -0.495 e. The van der Waals surface area contributed by atoms with Crippen LogP contribution in [-0.2, 0) is 0 Å². The van der Waals surface area contributed by atoms with Gasteiger partial charge in [-0.3, -0.25) is 4.79 Å². The van der Waals surface area contributed by atoms with E-state index in [0.717, 1.165) is 3.79 Å². The van der Waals surface area contributed by atoms with Crippen LogP contribution in [-0.4, -0.2) is 30.8 Å². The molecule has 0 fully saturated rings. The molecule has 0 aliphatic rings. The van der Waals surface area contributed by atoms with Crippen molar-refractivity contribution < 1.29 is 14.6 Å². The summed E-state index contributed by atoms with van der Waals surface area (Å²) < 4.78 is 5.86. The number of aliphatic hydroxyl groups excluding tert-OH is 1. The number of ether oxygens (including phenoxy) is 1. The zero-order chi connectivity index (χ0) is 13.0. The van der Waals surface area contributed by atoms with Crippen LogP contribution in [0.1, 0.15) is 23.5 Å². The largest absolute Gasteiger partial charge is 0.495 e. The van der Waals surface area contributed by atoms with Crippen molar-refractivity contribution in [2.24, 2.45) is 5.92 Å². The fourth-order valence-electron chi connectivity index (χ4n) is 1.12. The second-order valence-electron chi connectivity index (χ2n) is 3.97. The van der Waals surface area contributed by atoms with Crippen LogP contribution in [0.15, 0.2) is 9.85 Å². The van der Waals surface area contributed by atoms with Crippen LogP contribution in [0.4, 0.5) is 0 Å². The van der Waals surface area contributed by atoms with E-state index < -0.39 is 6.10 Å². The lowest BCUT2D eigenvalue weighted by molar-refractivity contribution is 0.0875. The first-order valence-electron chi connectivity index (χ1n) is 5.25. The fraction of sp³-hybridized carbons (Fsp3) is 0.545. The Bertz CT molecular complexity index is 392. The molecule has 0 spiro atoms. The third-order valence-corrected chi connectivity index (χ3v) is 4.12. The Morgan fingerprint density at radius 3 is 2.76 bits per heavy atom. The standard InChI is InChI=1S/C11H16BrNO3S/c1-6(2)7(14)5-13-11(15)9-4-8(16-3)10(12)17-9/h4,6-7,14H,5H2,1-3H3,(H,13,15). The van der Waals surface area contributed by atoms with Crippen molar-refractivity contribution in [2.75, 3.05) is 13.7 Å². The van der Waals surface area contributed by atoms with Gasteiger partial charge < -0.3 is 15.2 Å². The van der Waals surface area contributed by atoms with Crippen molar-refractivity contribution >= 4 is 33.2 Å². The van der Waals surface area contributed by atoms with Gasteiger partial charge in [-0.1, -0.05) is 13.8 Å². The van der Waals surface area contributed by atoms with Gasteiger partial charge in [0.05, 0.1) is 18.1 Å². The van der Waals surface area contributed by atoms with Crippen LogP contribution < -0.4 is 10.1 Å². The zero-order valence-corrected chi connectivity index (χ0v) is 12.4. The summed E-state index contributed by atoms with van der Waals surface area (Å²) in [6, 6.07) is 1.67. The van der Waals surface area contributed by atoms with Crippen molar-refractivity contribution in [3.05, 3.63) is 14.7 Å². The smallest absolute Gasteiger partial charge is 0.261 e. The lowest BCUT2D eigenvalue weighted by Gasteiger charge is -2.14. The van der Waals surface area contributed by atoms with E-state index in [9.17, 15) is 9.90 Å². The van der Waals surface area contributed by atoms with E-state index in [1.54, 1.807) is 13.2 Å². The van der Waals surface area contributed by atoms with Gasteiger partial charge in [0.1, 0.15) is 9.54 Å². The number of halogens is 1. The first kappa shape index (κ1) is 14.5. The number of carbonyl (C=O) groups excluding carboxylic acids is 1. The van der Waals surface area contributed by atoms with E-state index in [2.05, 4.69) is 21.2 Å². The topological polar surface area (TPSA) is 58.6 Å². The molecule has 4 nitrogen and oxygen atoms in total. The molecule has 0 saturated heterocycles. The quantitative estimate of drug-likeness (QED) is 0.874. The number of thiophene rings is 1. The highest BCUT2D eigenvalue weighted by atomic mass is 79.9. The fourth-order valence-corrected chi connectivity index (χ4v) is 2.69. The first-order chi connectivity index (χ1) is 7.95. The molecule has 0 bridgehead atoms. The van der Waals surface area contributed by atoms with Gasteiger partial charge in [-0.2, -0.15) is 0 Å². The van der Waals surface area contributed by atoms with Gasteiger partial charge >= 0.3 is 0 Å². The summed E-state index contributed by atoms with van der Waals surface area (Å²) >= 11 is 4.62. The SMILES string of the molecule is COc1cc(C(=O)NCC(O)C(C)C)sc1Br. The zero-order valence-electron chi connectivity index (χ0n) is 9.99. The molecule has 1 aromatic heterocycles. The highest BCUT2D eigenvalue weighted by Crippen LogP contribution is 2.34. The highest BCUT2D eigenvalue weighted by Gasteiger charge is 2.15. The normalized spacial score (nSPS) is 12.6. The second kappa shape index (κ2) is 6.37. The maximum Gasteiger partial charge on any atom is 0.261 e. The summed E-state index contributed by atoms with van der Waals surface area (Å²) in [5.41, 5.74) is 0. The number of rotatable bonds is 5. The highest BCUT2D eigenvalue weighted by molar-refractivity contribution is 9.11.